The Labute approximate surface area is 109 Å². The van der Waals surface area contributed by atoms with Gasteiger partial charge in [0.2, 0.25) is 0 Å². The van der Waals surface area contributed by atoms with Gasteiger partial charge in [-0.05, 0) is 56.1 Å². The van der Waals surface area contributed by atoms with Crippen LogP contribution in [-0.4, -0.2) is 13.1 Å². The van der Waals surface area contributed by atoms with Gasteiger partial charge in [0.15, 0.2) is 0 Å². The zero-order valence-corrected chi connectivity index (χ0v) is 11.6. The maximum Gasteiger partial charge on any atom is 0.0409 e. The quantitative estimate of drug-likeness (QED) is 0.582. The van der Waals surface area contributed by atoms with Crippen LogP contribution in [0, 0.1) is 0 Å². The standard InChI is InChI=1S/C13H20ClNS/c1-3-7-15-8-6-11-4-5-12(14)9-13(11)10(2)16/h4-5,9-10,15-16H,3,6-8H2,1-2H3. The van der Waals surface area contributed by atoms with Gasteiger partial charge in [-0.1, -0.05) is 24.6 Å². The lowest BCUT2D eigenvalue weighted by Crippen LogP contribution is -2.18. The molecule has 1 atom stereocenters. The molecule has 16 heavy (non-hydrogen) atoms. The highest BCUT2D eigenvalue weighted by atomic mass is 35.5. The summed E-state index contributed by atoms with van der Waals surface area (Å²) >= 11 is 10.5. The lowest BCUT2D eigenvalue weighted by Gasteiger charge is -2.13. The summed E-state index contributed by atoms with van der Waals surface area (Å²) in [5.74, 6) is 0. The van der Waals surface area contributed by atoms with E-state index >= 15 is 0 Å². The molecule has 0 fully saturated rings. The van der Waals surface area contributed by atoms with E-state index < -0.39 is 0 Å². The maximum absolute atomic E-state index is 6.00. The van der Waals surface area contributed by atoms with Gasteiger partial charge < -0.3 is 5.32 Å². The van der Waals surface area contributed by atoms with Crippen LogP contribution in [-0.2, 0) is 6.42 Å². The van der Waals surface area contributed by atoms with Crippen molar-refractivity contribution < 1.29 is 0 Å². The average molecular weight is 258 g/mol. The molecule has 0 aliphatic rings. The lowest BCUT2D eigenvalue weighted by atomic mass is 10.0. The van der Waals surface area contributed by atoms with Crippen LogP contribution in [0.1, 0.15) is 36.6 Å². The normalized spacial score (nSPS) is 12.8. The van der Waals surface area contributed by atoms with Gasteiger partial charge in [-0.3, -0.25) is 0 Å². The molecule has 0 bridgehead atoms. The van der Waals surface area contributed by atoms with Crippen molar-refractivity contribution >= 4 is 24.2 Å². The molecule has 0 saturated carbocycles. The molecule has 0 aliphatic heterocycles. The summed E-state index contributed by atoms with van der Waals surface area (Å²) in [5.41, 5.74) is 2.59. The molecular weight excluding hydrogens is 238 g/mol. The first-order valence-electron chi connectivity index (χ1n) is 5.82. The third-order valence-electron chi connectivity index (χ3n) is 2.56. The van der Waals surface area contributed by atoms with E-state index in [2.05, 4.69) is 37.9 Å². The molecule has 1 nitrogen and oxygen atoms in total. The summed E-state index contributed by atoms with van der Waals surface area (Å²) in [7, 11) is 0. The molecule has 1 rings (SSSR count). The van der Waals surface area contributed by atoms with E-state index in [0.717, 1.165) is 24.5 Å². The highest BCUT2D eigenvalue weighted by molar-refractivity contribution is 7.80. The second-order valence-corrected chi connectivity index (χ2v) is 5.23. The number of hydrogen-bond donors (Lipinski definition) is 2. The van der Waals surface area contributed by atoms with Crippen LogP contribution in [0.2, 0.25) is 5.02 Å². The Balaban J connectivity index is 2.64. The van der Waals surface area contributed by atoms with Gasteiger partial charge in [0, 0.05) is 10.3 Å². The van der Waals surface area contributed by atoms with Crippen molar-refractivity contribution in [3.05, 3.63) is 34.3 Å². The van der Waals surface area contributed by atoms with Crippen molar-refractivity contribution in [2.45, 2.75) is 31.9 Å². The zero-order chi connectivity index (χ0) is 12.0. The monoisotopic (exact) mass is 257 g/mol. The van der Waals surface area contributed by atoms with Crippen molar-refractivity contribution in [2.24, 2.45) is 0 Å². The SMILES string of the molecule is CCCNCCc1ccc(Cl)cc1C(C)S. The number of thiol groups is 1. The lowest BCUT2D eigenvalue weighted by molar-refractivity contribution is 0.669. The molecule has 0 aromatic heterocycles. The van der Waals surface area contributed by atoms with E-state index in [1.165, 1.54) is 17.5 Å². The van der Waals surface area contributed by atoms with Crippen molar-refractivity contribution in [1.29, 1.82) is 0 Å². The molecule has 3 heteroatoms. The Morgan fingerprint density at radius 2 is 2.12 bits per heavy atom. The summed E-state index contributed by atoms with van der Waals surface area (Å²) in [6.45, 7) is 6.36. The van der Waals surface area contributed by atoms with Gasteiger partial charge in [-0.15, -0.1) is 0 Å². The number of hydrogen-bond acceptors (Lipinski definition) is 2. The van der Waals surface area contributed by atoms with E-state index in [-0.39, 0.29) is 5.25 Å². The molecule has 90 valence electrons. The van der Waals surface area contributed by atoms with Crippen LogP contribution < -0.4 is 5.32 Å². The Bertz CT molecular complexity index is 326. The smallest absolute Gasteiger partial charge is 0.0409 e. The van der Waals surface area contributed by atoms with Crippen molar-refractivity contribution in [2.75, 3.05) is 13.1 Å². The molecule has 1 unspecified atom stereocenters. The predicted molar refractivity (Wildman–Crippen MR) is 75.7 cm³/mol. The van der Waals surface area contributed by atoms with Crippen molar-refractivity contribution in [1.82, 2.24) is 5.32 Å². The van der Waals surface area contributed by atoms with Gasteiger partial charge in [0.05, 0.1) is 0 Å². The highest BCUT2D eigenvalue weighted by Crippen LogP contribution is 2.26. The number of nitrogens with one attached hydrogen (secondary N) is 1. The van der Waals surface area contributed by atoms with Crippen LogP contribution in [0.4, 0.5) is 0 Å². The summed E-state index contributed by atoms with van der Waals surface area (Å²) in [4.78, 5) is 0. The Morgan fingerprint density at radius 1 is 1.38 bits per heavy atom. The van der Waals surface area contributed by atoms with Gasteiger partial charge >= 0.3 is 0 Å². The maximum atomic E-state index is 6.00. The van der Waals surface area contributed by atoms with Gasteiger partial charge in [0.1, 0.15) is 0 Å². The van der Waals surface area contributed by atoms with Crippen LogP contribution in [0.3, 0.4) is 0 Å². The molecule has 0 heterocycles. The van der Waals surface area contributed by atoms with E-state index in [1.807, 2.05) is 12.1 Å². The molecule has 1 aromatic carbocycles. The molecule has 0 saturated heterocycles. The van der Waals surface area contributed by atoms with E-state index in [0.29, 0.717) is 0 Å². The number of benzene rings is 1. The van der Waals surface area contributed by atoms with Crippen molar-refractivity contribution in [3.8, 4) is 0 Å². The van der Waals surface area contributed by atoms with E-state index in [9.17, 15) is 0 Å². The molecular formula is C13H20ClNS. The van der Waals surface area contributed by atoms with Gasteiger partial charge in [-0.2, -0.15) is 12.6 Å². The minimum Gasteiger partial charge on any atom is -0.316 e. The summed E-state index contributed by atoms with van der Waals surface area (Å²) in [6.07, 6.45) is 2.22. The fraction of sp³-hybridized carbons (Fsp3) is 0.538. The molecule has 1 N–H and O–H groups in total. The summed E-state index contributed by atoms with van der Waals surface area (Å²) in [5, 5.41) is 4.44. The first-order chi connectivity index (χ1) is 7.65. The summed E-state index contributed by atoms with van der Waals surface area (Å²) in [6, 6.07) is 6.09. The fourth-order valence-corrected chi connectivity index (χ4v) is 2.13. The zero-order valence-electron chi connectivity index (χ0n) is 9.96. The van der Waals surface area contributed by atoms with Gasteiger partial charge in [0.25, 0.3) is 0 Å². The van der Waals surface area contributed by atoms with Crippen LogP contribution >= 0.6 is 24.2 Å². The number of rotatable bonds is 6. The second-order valence-electron chi connectivity index (χ2n) is 4.02. The first kappa shape index (κ1) is 13.9. The van der Waals surface area contributed by atoms with Crippen molar-refractivity contribution in [3.63, 3.8) is 0 Å². The molecule has 0 aliphatic carbocycles. The van der Waals surface area contributed by atoms with E-state index in [4.69, 9.17) is 11.6 Å². The highest BCUT2D eigenvalue weighted by Gasteiger charge is 2.07. The largest absolute Gasteiger partial charge is 0.316 e. The third-order valence-corrected chi connectivity index (χ3v) is 3.07. The number of halogens is 1. The topological polar surface area (TPSA) is 12.0 Å². The summed E-state index contributed by atoms with van der Waals surface area (Å²) < 4.78 is 0. The van der Waals surface area contributed by atoms with Crippen LogP contribution in [0.25, 0.3) is 0 Å². The third kappa shape index (κ3) is 4.36. The van der Waals surface area contributed by atoms with Gasteiger partial charge in [-0.25, -0.2) is 0 Å². The minimum atomic E-state index is 0.236. The molecule has 1 aromatic rings. The molecule has 0 amide bonds. The van der Waals surface area contributed by atoms with E-state index in [1.54, 1.807) is 0 Å². The average Bonchev–Trinajstić information content (AvgIpc) is 2.26. The predicted octanol–water partition coefficient (Wildman–Crippen LogP) is 3.87. The Hall–Kier alpha value is -0.180. The van der Waals surface area contributed by atoms with Crippen LogP contribution in [0.5, 0.6) is 0 Å². The first-order valence-corrected chi connectivity index (χ1v) is 6.71. The second kappa shape index (κ2) is 7.21. The molecule has 0 spiro atoms. The Kier molecular flexibility index (Phi) is 6.25. The van der Waals surface area contributed by atoms with Crippen LogP contribution in [0.15, 0.2) is 18.2 Å². The fourth-order valence-electron chi connectivity index (χ4n) is 1.71. The minimum absolute atomic E-state index is 0.236. The Morgan fingerprint density at radius 3 is 2.75 bits per heavy atom. The molecule has 0 radical (unpaired) electrons.